The lowest BCUT2D eigenvalue weighted by Gasteiger charge is -2.16. The van der Waals surface area contributed by atoms with Crippen molar-refractivity contribution in [2.75, 3.05) is 11.9 Å². The highest BCUT2D eigenvalue weighted by Crippen LogP contribution is 2.36. The Bertz CT molecular complexity index is 951. The van der Waals surface area contributed by atoms with E-state index in [9.17, 15) is 13.2 Å². The molecule has 1 aliphatic heterocycles. The number of nitrogens with one attached hydrogen (secondary N) is 1. The van der Waals surface area contributed by atoms with Gasteiger partial charge in [-0.2, -0.15) is 0 Å². The summed E-state index contributed by atoms with van der Waals surface area (Å²) in [5.41, 5.74) is 1.83. The number of sulfonamides is 1. The van der Waals surface area contributed by atoms with Gasteiger partial charge in [0.05, 0.1) is 6.61 Å². The lowest BCUT2D eigenvalue weighted by atomic mass is 10.1. The van der Waals surface area contributed by atoms with Gasteiger partial charge in [-0.05, 0) is 29.7 Å². The van der Waals surface area contributed by atoms with E-state index in [0.29, 0.717) is 17.7 Å². The van der Waals surface area contributed by atoms with Crippen LogP contribution >= 0.6 is 0 Å². The summed E-state index contributed by atoms with van der Waals surface area (Å²) in [5, 5.41) is 12.1. The van der Waals surface area contributed by atoms with Crippen LogP contribution in [0.25, 0.3) is 4.91 Å². The van der Waals surface area contributed by atoms with Crippen LogP contribution in [0.2, 0.25) is 0 Å². The molecule has 0 spiro atoms. The number of aliphatic hydroxyl groups excluding tert-OH is 1. The first kappa shape index (κ1) is 19.1. The van der Waals surface area contributed by atoms with Crippen molar-refractivity contribution in [1.29, 1.82) is 0 Å². The molecule has 0 saturated carbocycles. The molecule has 0 fully saturated rings. The summed E-state index contributed by atoms with van der Waals surface area (Å²) < 4.78 is 27.1. The maximum Gasteiger partial charge on any atom is 0.285 e. The van der Waals surface area contributed by atoms with Crippen molar-refractivity contribution >= 4 is 26.5 Å². The molecule has 1 aliphatic rings. The lowest BCUT2D eigenvalue weighted by Crippen LogP contribution is -2.33. The Labute approximate surface area is 159 Å². The number of anilines is 1. The van der Waals surface area contributed by atoms with E-state index in [4.69, 9.17) is 5.11 Å². The Hall–Kier alpha value is -2.64. The lowest BCUT2D eigenvalue weighted by molar-refractivity contribution is -0.122. The van der Waals surface area contributed by atoms with Gasteiger partial charge in [-0.25, -0.2) is 12.7 Å². The average Bonchev–Trinajstić information content (AvgIpc) is 2.86. The van der Waals surface area contributed by atoms with Crippen LogP contribution < -0.4 is 5.32 Å². The van der Waals surface area contributed by atoms with Gasteiger partial charge in [-0.3, -0.25) is 4.79 Å². The normalized spacial score (nSPS) is 16.1. The maximum atomic E-state index is 13.1. The fourth-order valence-corrected chi connectivity index (χ4v) is 4.65. The fraction of sp³-hybridized carbons (Fsp3) is 0.250. The SMILES string of the molecule is CCCCN1C(=O)C(Nc2ccc(CO)cc2)=C(c2ccccc2)S1(=O)=O. The first-order chi connectivity index (χ1) is 13.0. The first-order valence-corrected chi connectivity index (χ1v) is 10.3. The molecule has 0 aliphatic carbocycles. The minimum absolute atomic E-state index is 0.00422. The van der Waals surface area contributed by atoms with Gasteiger partial charge in [-0.15, -0.1) is 0 Å². The Morgan fingerprint density at radius 1 is 1.04 bits per heavy atom. The Balaban J connectivity index is 2.07. The van der Waals surface area contributed by atoms with Crippen LogP contribution in [0, 0.1) is 0 Å². The van der Waals surface area contributed by atoms with Crippen molar-refractivity contribution in [2.45, 2.75) is 26.4 Å². The van der Waals surface area contributed by atoms with Crippen molar-refractivity contribution < 1.29 is 18.3 Å². The van der Waals surface area contributed by atoms with Crippen molar-refractivity contribution in [3.05, 3.63) is 71.4 Å². The Morgan fingerprint density at radius 2 is 1.70 bits per heavy atom. The molecular weight excluding hydrogens is 364 g/mol. The second kappa shape index (κ2) is 7.94. The summed E-state index contributed by atoms with van der Waals surface area (Å²) in [5.74, 6) is -0.548. The van der Waals surface area contributed by atoms with E-state index in [0.717, 1.165) is 16.3 Å². The largest absolute Gasteiger partial charge is 0.392 e. The number of carbonyl (C=O) groups excluding carboxylic acids is 1. The van der Waals surface area contributed by atoms with Gasteiger partial charge in [0.2, 0.25) is 0 Å². The molecule has 1 heterocycles. The summed E-state index contributed by atoms with van der Waals surface area (Å²) in [6, 6.07) is 15.5. The standard InChI is InChI=1S/C20H22N2O4S/c1-2-3-13-22-20(24)18(21-17-11-9-15(14-23)10-12-17)19(27(22,25)26)16-7-5-4-6-8-16/h4-12,21,23H,2-3,13-14H2,1H3. The predicted octanol–water partition coefficient (Wildman–Crippen LogP) is 2.93. The Kier molecular flexibility index (Phi) is 5.62. The monoisotopic (exact) mass is 386 g/mol. The van der Waals surface area contributed by atoms with Crippen molar-refractivity contribution in [1.82, 2.24) is 4.31 Å². The molecule has 0 unspecified atom stereocenters. The third-order valence-electron chi connectivity index (χ3n) is 4.37. The molecule has 27 heavy (non-hydrogen) atoms. The molecule has 2 N–H and O–H groups in total. The number of benzene rings is 2. The van der Waals surface area contributed by atoms with Crippen molar-refractivity contribution in [3.63, 3.8) is 0 Å². The minimum atomic E-state index is -3.92. The van der Waals surface area contributed by atoms with Gasteiger partial charge in [0.15, 0.2) is 0 Å². The number of hydrogen-bond acceptors (Lipinski definition) is 5. The molecule has 2 aromatic rings. The third-order valence-corrected chi connectivity index (χ3v) is 6.26. The van der Waals surface area contributed by atoms with E-state index in [2.05, 4.69) is 5.32 Å². The molecule has 2 aromatic carbocycles. The van der Waals surface area contributed by atoms with E-state index in [1.165, 1.54) is 0 Å². The molecule has 0 radical (unpaired) electrons. The van der Waals surface area contributed by atoms with Crippen LogP contribution in [0.15, 0.2) is 60.3 Å². The number of unbranched alkanes of at least 4 members (excludes halogenated alkanes) is 1. The van der Waals surface area contributed by atoms with Crippen LogP contribution in [0.4, 0.5) is 5.69 Å². The van der Waals surface area contributed by atoms with Crippen LogP contribution in [0.1, 0.15) is 30.9 Å². The highest BCUT2D eigenvalue weighted by molar-refractivity contribution is 7.99. The summed E-state index contributed by atoms with van der Waals surface area (Å²) in [4.78, 5) is 12.9. The van der Waals surface area contributed by atoms with E-state index in [1.807, 2.05) is 6.92 Å². The van der Waals surface area contributed by atoms with Gasteiger partial charge in [0, 0.05) is 12.2 Å². The summed E-state index contributed by atoms with van der Waals surface area (Å²) in [6.45, 7) is 2.01. The number of hydrogen-bond donors (Lipinski definition) is 2. The van der Waals surface area contributed by atoms with Gasteiger partial charge >= 0.3 is 0 Å². The quantitative estimate of drug-likeness (QED) is 0.764. The molecular formula is C20H22N2O4S. The van der Waals surface area contributed by atoms with Crippen molar-refractivity contribution in [2.24, 2.45) is 0 Å². The van der Waals surface area contributed by atoms with Gasteiger partial charge < -0.3 is 10.4 Å². The number of aliphatic hydroxyl groups is 1. The van der Waals surface area contributed by atoms with Crippen LogP contribution in [0.5, 0.6) is 0 Å². The molecule has 0 bridgehead atoms. The van der Waals surface area contributed by atoms with E-state index < -0.39 is 15.9 Å². The zero-order valence-corrected chi connectivity index (χ0v) is 15.9. The molecule has 0 atom stereocenters. The highest BCUT2D eigenvalue weighted by atomic mass is 32.2. The average molecular weight is 386 g/mol. The van der Waals surface area contributed by atoms with Gasteiger partial charge in [0.1, 0.15) is 10.6 Å². The smallest absolute Gasteiger partial charge is 0.285 e. The van der Waals surface area contributed by atoms with E-state index in [1.54, 1.807) is 54.6 Å². The van der Waals surface area contributed by atoms with Crippen LogP contribution in [0.3, 0.4) is 0 Å². The summed E-state index contributed by atoms with van der Waals surface area (Å²) in [7, 11) is -3.92. The van der Waals surface area contributed by atoms with Gasteiger partial charge in [0.25, 0.3) is 15.9 Å². The summed E-state index contributed by atoms with van der Waals surface area (Å²) >= 11 is 0. The number of amides is 1. The highest BCUT2D eigenvalue weighted by Gasteiger charge is 2.44. The second-order valence-electron chi connectivity index (χ2n) is 6.29. The second-order valence-corrected chi connectivity index (χ2v) is 8.09. The van der Waals surface area contributed by atoms with Crippen LogP contribution in [-0.2, 0) is 21.4 Å². The molecule has 3 rings (SSSR count). The molecule has 7 heteroatoms. The predicted molar refractivity (Wildman–Crippen MR) is 105 cm³/mol. The molecule has 0 aromatic heterocycles. The molecule has 1 amide bonds. The molecule has 6 nitrogen and oxygen atoms in total. The maximum absolute atomic E-state index is 13.1. The summed E-state index contributed by atoms with van der Waals surface area (Å²) in [6.07, 6.45) is 1.39. The van der Waals surface area contributed by atoms with E-state index >= 15 is 0 Å². The zero-order chi connectivity index (χ0) is 19.4. The molecule has 142 valence electrons. The van der Waals surface area contributed by atoms with Crippen molar-refractivity contribution in [3.8, 4) is 0 Å². The zero-order valence-electron chi connectivity index (χ0n) is 15.1. The van der Waals surface area contributed by atoms with Crippen LogP contribution in [-0.4, -0.2) is 30.3 Å². The Morgan fingerprint density at radius 3 is 2.30 bits per heavy atom. The van der Waals surface area contributed by atoms with E-state index in [-0.39, 0.29) is 23.8 Å². The van der Waals surface area contributed by atoms with Gasteiger partial charge in [-0.1, -0.05) is 55.8 Å². The number of rotatable bonds is 7. The number of carbonyl (C=O) groups is 1. The first-order valence-electron chi connectivity index (χ1n) is 8.82. The molecule has 0 saturated heterocycles. The number of nitrogens with zero attached hydrogens (tertiary/aromatic N) is 1. The fourth-order valence-electron chi connectivity index (χ4n) is 2.92. The third kappa shape index (κ3) is 3.74. The topological polar surface area (TPSA) is 86.7 Å². The minimum Gasteiger partial charge on any atom is -0.392 e.